The number of carbonyl (C=O) groups excluding carboxylic acids is 3. The number of aromatic nitrogens is 4. The number of nitrogens with zero attached hydrogens (tertiary/aromatic N) is 5. The van der Waals surface area contributed by atoms with Crippen LogP contribution < -0.4 is 15.5 Å². The summed E-state index contributed by atoms with van der Waals surface area (Å²) in [6.07, 6.45) is 13.5. The molecule has 1 saturated carbocycles. The molecule has 15 heteroatoms. The second-order valence-electron chi connectivity index (χ2n) is 20.5. The number of rotatable bonds is 14. The number of alkyl carbamates (subject to hydrolysis) is 1. The number of benzene rings is 3. The van der Waals surface area contributed by atoms with Gasteiger partial charge in [-0.1, -0.05) is 108 Å². The molecule has 5 aromatic rings. The predicted molar refractivity (Wildman–Crippen MR) is 269 cm³/mol. The van der Waals surface area contributed by atoms with Crippen LogP contribution in [0.3, 0.4) is 0 Å². The highest BCUT2D eigenvalue weighted by Gasteiger charge is 2.40. The van der Waals surface area contributed by atoms with Crippen molar-refractivity contribution in [1.82, 2.24) is 40.4 Å². The van der Waals surface area contributed by atoms with Crippen LogP contribution in [0.1, 0.15) is 157 Å². The van der Waals surface area contributed by atoms with E-state index in [2.05, 4.69) is 98.3 Å². The van der Waals surface area contributed by atoms with Crippen LogP contribution in [0.15, 0.2) is 85.2 Å². The Labute approximate surface area is 411 Å². The number of aromatic amines is 2. The molecule has 0 spiro atoms. The molecule has 15 nitrogen and oxygen atoms in total. The van der Waals surface area contributed by atoms with Gasteiger partial charge in [0.15, 0.2) is 0 Å². The van der Waals surface area contributed by atoms with E-state index in [1.807, 2.05) is 45.0 Å². The summed E-state index contributed by atoms with van der Waals surface area (Å²) in [7, 11) is 1.30. The maximum Gasteiger partial charge on any atom is 0.407 e. The number of hydrogen-bond acceptors (Lipinski definition) is 8. The van der Waals surface area contributed by atoms with Crippen molar-refractivity contribution < 1.29 is 29.0 Å². The highest BCUT2D eigenvalue weighted by molar-refractivity contribution is 5.87. The molecule has 5 N–H and O–H groups in total. The fourth-order valence-electron chi connectivity index (χ4n) is 11.6. The molecule has 6 atom stereocenters. The minimum atomic E-state index is -1.20. The van der Waals surface area contributed by atoms with Crippen LogP contribution in [-0.2, 0) is 14.3 Å². The molecule has 0 bridgehead atoms. The minimum absolute atomic E-state index is 0.111. The van der Waals surface area contributed by atoms with Crippen molar-refractivity contribution in [3.05, 3.63) is 114 Å². The quantitative estimate of drug-likeness (QED) is 0.0721. The molecule has 1 aliphatic carbocycles. The number of hydrogen-bond donors (Lipinski definition) is 5. The average Bonchev–Trinajstić information content (AvgIpc) is 4.24. The van der Waals surface area contributed by atoms with Crippen LogP contribution in [-0.4, -0.2) is 91.1 Å². The molecule has 3 aliphatic heterocycles. The Morgan fingerprint density at radius 1 is 0.586 bits per heavy atom. The Morgan fingerprint density at radius 2 is 1.04 bits per heavy atom. The van der Waals surface area contributed by atoms with Gasteiger partial charge in [-0.2, -0.15) is 0 Å². The monoisotopic (exact) mass is 952 g/mol. The topological polar surface area (TPSA) is 189 Å². The molecular formula is C55H69N9O6. The van der Waals surface area contributed by atoms with Crippen molar-refractivity contribution >= 4 is 29.7 Å². The molecule has 4 aliphatic rings. The van der Waals surface area contributed by atoms with Crippen LogP contribution in [0.4, 0.5) is 15.3 Å². The van der Waals surface area contributed by atoms with Gasteiger partial charge in [0.2, 0.25) is 11.8 Å². The molecule has 5 heterocycles. The molecule has 9 rings (SSSR count). The fourth-order valence-corrected chi connectivity index (χ4v) is 11.6. The first-order valence-corrected chi connectivity index (χ1v) is 25.5. The molecule has 4 fully saturated rings. The summed E-state index contributed by atoms with van der Waals surface area (Å²) in [5, 5.41) is 14.6. The number of nitrogens with one attached hydrogen (secondary N) is 4. The van der Waals surface area contributed by atoms with E-state index in [-0.39, 0.29) is 47.8 Å². The molecule has 2 aromatic heterocycles. The van der Waals surface area contributed by atoms with E-state index in [0.29, 0.717) is 24.8 Å². The molecule has 4 amide bonds. The standard InChI is InChI=1S/C55H69N9O6/c1-33(2)48(60-54(67)68)52(65)62-29-9-13-46(62)50-56-31-42(58-50)37-15-19-39(20-16-37)44-27-28-45(64(44)41-25-23-36(24-26-41)35-11-7-6-8-12-35)40-21-17-38(18-22-40)43-32-57-51(59-43)47-14-10-30-63(47)53(66)49(34(3)4)61-55(69)70-5/h15-26,31-35,44-49,60H,6-14,27-30H2,1-5H3,(H,56,58)(H,57,59)(H,61,69)(H,67,68)/t44-,45-,46+,47+,48+,49+/m1/s1. The van der Waals surface area contributed by atoms with Gasteiger partial charge in [0.25, 0.3) is 0 Å². The zero-order valence-electron chi connectivity index (χ0n) is 41.2. The lowest BCUT2D eigenvalue weighted by Gasteiger charge is -2.34. The first kappa shape index (κ1) is 48.4. The van der Waals surface area contributed by atoms with Gasteiger partial charge in [0, 0.05) is 18.8 Å². The number of imidazole rings is 2. The number of ether oxygens (including phenoxy) is 1. The number of amides is 4. The summed E-state index contributed by atoms with van der Waals surface area (Å²) >= 11 is 0. The number of carboxylic acid groups (broad SMARTS) is 1. The third-order valence-electron chi connectivity index (χ3n) is 15.4. The van der Waals surface area contributed by atoms with E-state index in [1.165, 1.54) is 61.6 Å². The van der Waals surface area contributed by atoms with Crippen LogP contribution in [0.25, 0.3) is 22.5 Å². The van der Waals surface area contributed by atoms with Crippen molar-refractivity contribution in [3.8, 4) is 22.5 Å². The summed E-state index contributed by atoms with van der Waals surface area (Å²) in [6.45, 7) is 8.69. The summed E-state index contributed by atoms with van der Waals surface area (Å²) < 4.78 is 4.82. The Kier molecular flexibility index (Phi) is 14.6. The van der Waals surface area contributed by atoms with E-state index < -0.39 is 24.3 Å². The van der Waals surface area contributed by atoms with Gasteiger partial charge in [-0.3, -0.25) is 9.59 Å². The Balaban J connectivity index is 0.934. The average molecular weight is 952 g/mol. The van der Waals surface area contributed by atoms with Gasteiger partial charge in [0.05, 0.1) is 55.1 Å². The van der Waals surface area contributed by atoms with Crippen LogP contribution in [0, 0.1) is 11.8 Å². The van der Waals surface area contributed by atoms with E-state index in [1.54, 1.807) is 4.90 Å². The smallest absolute Gasteiger partial charge is 0.407 e. The Bertz CT molecular complexity index is 2600. The van der Waals surface area contributed by atoms with Crippen molar-refractivity contribution in [3.63, 3.8) is 0 Å². The zero-order valence-corrected chi connectivity index (χ0v) is 41.2. The van der Waals surface area contributed by atoms with Crippen LogP contribution in [0.5, 0.6) is 0 Å². The SMILES string of the molecule is COC(=O)N[C@H](C(=O)N1CCC[C@H]1c1ncc(-c2ccc([C@H]3CC[C@H](c4ccc(-c5cnc([C@@H]6CCCN6C(=O)[C@@H](NC(=O)O)C(C)C)[nH]5)cc4)N3c3ccc(C4CCCCC4)cc3)cc2)[nH]1)C(C)C. The minimum Gasteiger partial charge on any atom is -0.465 e. The van der Waals surface area contributed by atoms with E-state index >= 15 is 0 Å². The van der Waals surface area contributed by atoms with E-state index in [0.717, 1.165) is 66.9 Å². The summed E-state index contributed by atoms with van der Waals surface area (Å²) in [5.41, 5.74) is 8.91. The second kappa shape index (κ2) is 21.2. The van der Waals surface area contributed by atoms with E-state index in [9.17, 15) is 24.3 Å². The summed E-state index contributed by atoms with van der Waals surface area (Å²) in [5.74, 6) is 1.43. The van der Waals surface area contributed by atoms with Gasteiger partial charge in [-0.05, 0) is 109 Å². The lowest BCUT2D eigenvalue weighted by Crippen LogP contribution is -2.51. The van der Waals surface area contributed by atoms with Crippen LogP contribution >= 0.6 is 0 Å². The number of carbonyl (C=O) groups is 4. The largest absolute Gasteiger partial charge is 0.465 e. The van der Waals surface area contributed by atoms with Crippen LogP contribution in [0.2, 0.25) is 0 Å². The fraction of sp³-hybridized carbons (Fsp3) is 0.491. The number of H-pyrrole nitrogens is 2. The van der Waals surface area contributed by atoms with Gasteiger partial charge < -0.3 is 45.1 Å². The highest BCUT2D eigenvalue weighted by atomic mass is 16.5. The summed E-state index contributed by atoms with van der Waals surface area (Å²) in [4.78, 5) is 73.8. The molecule has 0 unspecified atom stereocenters. The van der Waals surface area contributed by atoms with Gasteiger partial charge in [-0.15, -0.1) is 0 Å². The lowest BCUT2D eigenvalue weighted by molar-refractivity contribution is -0.136. The normalized spacial score (nSPS) is 21.6. The Hall–Kier alpha value is -6.64. The highest BCUT2D eigenvalue weighted by Crippen LogP contribution is 2.48. The maximum absolute atomic E-state index is 13.8. The second-order valence-corrected chi connectivity index (χ2v) is 20.5. The maximum atomic E-state index is 13.8. The summed E-state index contributed by atoms with van der Waals surface area (Å²) in [6, 6.07) is 25.3. The number of methoxy groups -OCH3 is 1. The molecule has 3 aromatic carbocycles. The van der Waals surface area contributed by atoms with Crippen molar-refractivity contribution in [2.24, 2.45) is 11.8 Å². The first-order valence-electron chi connectivity index (χ1n) is 25.5. The predicted octanol–water partition coefficient (Wildman–Crippen LogP) is 10.6. The molecule has 370 valence electrons. The van der Waals surface area contributed by atoms with Crippen molar-refractivity contribution in [1.29, 1.82) is 0 Å². The van der Waals surface area contributed by atoms with E-state index in [4.69, 9.17) is 14.7 Å². The van der Waals surface area contributed by atoms with Gasteiger partial charge in [-0.25, -0.2) is 19.6 Å². The zero-order chi connectivity index (χ0) is 49.1. The molecule has 70 heavy (non-hydrogen) atoms. The molecular weight excluding hydrogens is 883 g/mol. The third-order valence-corrected chi connectivity index (χ3v) is 15.4. The van der Waals surface area contributed by atoms with Crippen molar-refractivity contribution in [2.45, 2.75) is 140 Å². The first-order chi connectivity index (χ1) is 33.9. The number of anilines is 1. The third kappa shape index (κ3) is 10.2. The lowest BCUT2D eigenvalue weighted by atomic mass is 9.84. The van der Waals surface area contributed by atoms with Crippen molar-refractivity contribution in [2.75, 3.05) is 25.1 Å². The number of likely N-dealkylation sites (tertiary alicyclic amines) is 2. The van der Waals surface area contributed by atoms with Gasteiger partial charge in [0.1, 0.15) is 23.7 Å². The van der Waals surface area contributed by atoms with Gasteiger partial charge >= 0.3 is 12.2 Å². The Morgan fingerprint density at radius 3 is 1.49 bits per heavy atom. The molecule has 0 radical (unpaired) electrons. The molecule has 3 saturated heterocycles.